The molecule has 3 nitrogen and oxygen atoms in total. The van der Waals surface area contributed by atoms with Crippen molar-refractivity contribution in [3.8, 4) is 11.3 Å². The van der Waals surface area contributed by atoms with Gasteiger partial charge in [-0.05, 0) is 18.9 Å². The van der Waals surface area contributed by atoms with Crippen LogP contribution in [0, 0.1) is 6.92 Å². The van der Waals surface area contributed by atoms with Crippen LogP contribution in [0.15, 0.2) is 30.3 Å². The van der Waals surface area contributed by atoms with Crippen molar-refractivity contribution in [1.29, 1.82) is 0 Å². The second-order valence-electron chi connectivity index (χ2n) is 4.45. The zero-order chi connectivity index (χ0) is 14.0. The van der Waals surface area contributed by atoms with E-state index in [0.29, 0.717) is 10.7 Å². The minimum absolute atomic E-state index is 0.203. The quantitative estimate of drug-likeness (QED) is 0.909. The minimum atomic E-state index is -0.977. The molecule has 0 aliphatic carbocycles. The molecular formula is C15H16ClNO2. The summed E-state index contributed by atoms with van der Waals surface area (Å²) in [6, 6.07) is 9.65. The fourth-order valence-corrected chi connectivity index (χ4v) is 2.76. The van der Waals surface area contributed by atoms with Crippen LogP contribution in [0.25, 0.3) is 11.3 Å². The molecule has 1 N–H and O–H groups in total. The molecule has 0 aliphatic heterocycles. The summed E-state index contributed by atoms with van der Waals surface area (Å²) in [5, 5.41) is 9.63. The smallest absolute Gasteiger partial charge is 0.339 e. The standard InChI is InChI=1S/C15H16ClNO2/c1-3-9-17-10(2)12(15(18)19)13(16)14(17)11-7-5-4-6-8-11/h4-8H,3,9H2,1-2H3,(H,18,19). The summed E-state index contributed by atoms with van der Waals surface area (Å²) in [5.41, 5.74) is 2.64. The number of aromatic nitrogens is 1. The van der Waals surface area contributed by atoms with Gasteiger partial charge in [0.15, 0.2) is 0 Å². The van der Waals surface area contributed by atoms with Crippen molar-refractivity contribution in [1.82, 2.24) is 4.57 Å². The van der Waals surface area contributed by atoms with E-state index >= 15 is 0 Å². The molecule has 0 atom stereocenters. The van der Waals surface area contributed by atoms with Crippen LogP contribution >= 0.6 is 11.6 Å². The monoisotopic (exact) mass is 277 g/mol. The Bertz CT molecular complexity index is 602. The molecule has 4 heteroatoms. The number of halogens is 1. The van der Waals surface area contributed by atoms with Gasteiger partial charge < -0.3 is 9.67 Å². The van der Waals surface area contributed by atoms with Crippen LogP contribution < -0.4 is 0 Å². The first-order valence-electron chi connectivity index (χ1n) is 6.25. The summed E-state index contributed by atoms with van der Waals surface area (Å²) < 4.78 is 1.99. The highest BCUT2D eigenvalue weighted by atomic mass is 35.5. The first-order chi connectivity index (χ1) is 9.07. The number of aromatic carboxylic acids is 1. The Balaban J connectivity index is 2.72. The molecule has 0 saturated carbocycles. The lowest BCUT2D eigenvalue weighted by Gasteiger charge is -2.10. The predicted molar refractivity (Wildman–Crippen MR) is 76.9 cm³/mol. The molecule has 1 aromatic heterocycles. The summed E-state index contributed by atoms with van der Waals surface area (Å²) in [6.45, 7) is 4.61. The third-order valence-corrected chi connectivity index (χ3v) is 3.54. The zero-order valence-electron chi connectivity index (χ0n) is 11.0. The molecule has 0 unspecified atom stereocenters. The van der Waals surface area contributed by atoms with Crippen molar-refractivity contribution in [3.63, 3.8) is 0 Å². The van der Waals surface area contributed by atoms with Crippen LogP contribution in [0.4, 0.5) is 0 Å². The van der Waals surface area contributed by atoms with E-state index in [4.69, 9.17) is 11.6 Å². The van der Waals surface area contributed by atoms with Crippen LogP contribution in [-0.2, 0) is 6.54 Å². The maximum absolute atomic E-state index is 11.3. The van der Waals surface area contributed by atoms with Crippen LogP contribution in [0.5, 0.6) is 0 Å². The summed E-state index contributed by atoms with van der Waals surface area (Å²) in [6.07, 6.45) is 0.921. The van der Waals surface area contributed by atoms with Gasteiger partial charge in [0.25, 0.3) is 0 Å². The average molecular weight is 278 g/mol. The molecule has 0 spiro atoms. The molecular weight excluding hydrogens is 262 g/mol. The molecule has 0 saturated heterocycles. The van der Waals surface area contributed by atoms with Crippen LogP contribution in [-0.4, -0.2) is 15.6 Å². The Morgan fingerprint density at radius 3 is 2.47 bits per heavy atom. The van der Waals surface area contributed by atoms with Gasteiger partial charge in [-0.3, -0.25) is 0 Å². The molecule has 0 fully saturated rings. The van der Waals surface area contributed by atoms with Gasteiger partial charge in [-0.15, -0.1) is 0 Å². The maximum atomic E-state index is 11.3. The molecule has 0 bridgehead atoms. The fraction of sp³-hybridized carbons (Fsp3) is 0.267. The molecule has 0 amide bonds. The zero-order valence-corrected chi connectivity index (χ0v) is 11.7. The van der Waals surface area contributed by atoms with Gasteiger partial charge in [-0.2, -0.15) is 0 Å². The van der Waals surface area contributed by atoms with Crippen molar-refractivity contribution >= 4 is 17.6 Å². The van der Waals surface area contributed by atoms with E-state index < -0.39 is 5.97 Å². The second-order valence-corrected chi connectivity index (χ2v) is 4.82. The Morgan fingerprint density at radius 2 is 1.95 bits per heavy atom. The molecule has 19 heavy (non-hydrogen) atoms. The van der Waals surface area contributed by atoms with Gasteiger partial charge in [0.2, 0.25) is 0 Å². The number of rotatable bonds is 4. The highest BCUT2D eigenvalue weighted by molar-refractivity contribution is 6.36. The van der Waals surface area contributed by atoms with Crippen molar-refractivity contribution in [3.05, 3.63) is 46.6 Å². The molecule has 2 aromatic rings. The van der Waals surface area contributed by atoms with Gasteiger partial charge in [0.05, 0.1) is 16.3 Å². The van der Waals surface area contributed by atoms with E-state index in [1.54, 1.807) is 6.92 Å². The number of hydrogen-bond acceptors (Lipinski definition) is 1. The van der Waals surface area contributed by atoms with Crippen molar-refractivity contribution < 1.29 is 9.90 Å². The SMILES string of the molecule is CCCn1c(C)c(C(=O)O)c(Cl)c1-c1ccccc1. The summed E-state index contributed by atoms with van der Waals surface area (Å²) in [5.74, 6) is -0.977. The first-order valence-corrected chi connectivity index (χ1v) is 6.63. The van der Waals surface area contributed by atoms with E-state index in [-0.39, 0.29) is 5.56 Å². The molecule has 1 aromatic carbocycles. The van der Waals surface area contributed by atoms with Gasteiger partial charge in [-0.25, -0.2) is 4.79 Å². The largest absolute Gasteiger partial charge is 0.478 e. The molecule has 2 rings (SSSR count). The van der Waals surface area contributed by atoms with Gasteiger partial charge in [0, 0.05) is 12.2 Å². The molecule has 100 valence electrons. The lowest BCUT2D eigenvalue weighted by molar-refractivity contribution is 0.0696. The van der Waals surface area contributed by atoms with Crippen molar-refractivity contribution in [2.45, 2.75) is 26.8 Å². The molecule has 1 heterocycles. The Labute approximate surface area is 117 Å². The third kappa shape index (κ3) is 2.38. The highest BCUT2D eigenvalue weighted by Crippen LogP contribution is 2.35. The second kappa shape index (κ2) is 5.49. The van der Waals surface area contributed by atoms with Gasteiger partial charge in [-0.1, -0.05) is 48.9 Å². The molecule has 0 radical (unpaired) electrons. The summed E-state index contributed by atoms with van der Waals surface area (Å²) >= 11 is 6.30. The first kappa shape index (κ1) is 13.7. The van der Waals surface area contributed by atoms with Crippen LogP contribution in [0.2, 0.25) is 5.02 Å². The minimum Gasteiger partial charge on any atom is -0.478 e. The van der Waals surface area contributed by atoms with Crippen molar-refractivity contribution in [2.75, 3.05) is 0 Å². The summed E-state index contributed by atoms with van der Waals surface area (Å²) in [4.78, 5) is 11.3. The van der Waals surface area contributed by atoms with Gasteiger partial charge in [0.1, 0.15) is 0 Å². The topological polar surface area (TPSA) is 42.2 Å². The Kier molecular flexibility index (Phi) is 3.96. The van der Waals surface area contributed by atoms with Crippen LogP contribution in [0.1, 0.15) is 29.4 Å². The number of nitrogens with zero attached hydrogens (tertiary/aromatic N) is 1. The lowest BCUT2D eigenvalue weighted by Crippen LogP contribution is -2.04. The predicted octanol–water partition coefficient (Wildman–Crippen LogP) is 4.23. The highest BCUT2D eigenvalue weighted by Gasteiger charge is 2.23. The normalized spacial score (nSPS) is 10.7. The average Bonchev–Trinajstić information content (AvgIpc) is 2.63. The van der Waals surface area contributed by atoms with E-state index in [1.807, 2.05) is 34.9 Å². The summed E-state index contributed by atoms with van der Waals surface area (Å²) in [7, 11) is 0. The van der Waals surface area contributed by atoms with E-state index in [1.165, 1.54) is 0 Å². The number of carboxylic acid groups (broad SMARTS) is 1. The number of carboxylic acids is 1. The van der Waals surface area contributed by atoms with Crippen LogP contribution in [0.3, 0.4) is 0 Å². The Hall–Kier alpha value is -1.74. The molecule has 0 aliphatic rings. The number of carbonyl (C=O) groups is 1. The Morgan fingerprint density at radius 1 is 1.32 bits per heavy atom. The van der Waals surface area contributed by atoms with E-state index in [9.17, 15) is 9.90 Å². The van der Waals surface area contributed by atoms with E-state index in [0.717, 1.165) is 24.2 Å². The van der Waals surface area contributed by atoms with E-state index in [2.05, 4.69) is 6.92 Å². The number of benzene rings is 1. The lowest BCUT2D eigenvalue weighted by atomic mass is 10.1. The van der Waals surface area contributed by atoms with Gasteiger partial charge >= 0.3 is 5.97 Å². The maximum Gasteiger partial charge on any atom is 0.339 e. The third-order valence-electron chi connectivity index (χ3n) is 3.17. The number of hydrogen-bond donors (Lipinski definition) is 1. The van der Waals surface area contributed by atoms with Crippen molar-refractivity contribution in [2.24, 2.45) is 0 Å². The fourth-order valence-electron chi connectivity index (χ4n) is 2.33.